The summed E-state index contributed by atoms with van der Waals surface area (Å²) in [6.07, 6.45) is 3.71. The molecule has 0 spiro atoms. The molecular formula is C28H21FO2S. The van der Waals surface area contributed by atoms with Crippen molar-refractivity contribution >= 4 is 29.4 Å². The maximum atomic E-state index is 14.0. The van der Waals surface area contributed by atoms with Gasteiger partial charge in [0, 0.05) is 10.5 Å². The zero-order chi connectivity index (χ0) is 22.5. The summed E-state index contributed by atoms with van der Waals surface area (Å²) >= 11 is 1.69. The maximum Gasteiger partial charge on any atom is 0.336 e. The molecule has 0 aliphatic carbocycles. The van der Waals surface area contributed by atoms with Crippen molar-refractivity contribution in [1.82, 2.24) is 0 Å². The van der Waals surface area contributed by atoms with Gasteiger partial charge in [-0.05, 0) is 52.3 Å². The summed E-state index contributed by atoms with van der Waals surface area (Å²) in [5.74, 6) is -1.32. The van der Waals surface area contributed by atoms with E-state index in [9.17, 15) is 14.3 Å². The number of hydrogen-bond donors (Lipinski definition) is 1. The Morgan fingerprint density at radius 1 is 0.781 bits per heavy atom. The topological polar surface area (TPSA) is 37.3 Å². The molecule has 0 amide bonds. The Hall–Kier alpha value is -3.63. The zero-order valence-corrected chi connectivity index (χ0v) is 18.3. The molecule has 158 valence electrons. The lowest BCUT2D eigenvalue weighted by molar-refractivity contribution is -0.130. The van der Waals surface area contributed by atoms with Crippen molar-refractivity contribution in [2.24, 2.45) is 0 Å². The Bertz CT molecular complexity index is 1280. The van der Waals surface area contributed by atoms with Gasteiger partial charge in [0.2, 0.25) is 0 Å². The number of carboxylic acids is 1. The summed E-state index contributed by atoms with van der Waals surface area (Å²) in [7, 11) is 0. The van der Waals surface area contributed by atoms with Crippen molar-refractivity contribution in [1.29, 1.82) is 0 Å². The van der Waals surface area contributed by atoms with E-state index in [-0.39, 0.29) is 11.4 Å². The second kappa shape index (κ2) is 9.67. The molecule has 4 aromatic carbocycles. The van der Waals surface area contributed by atoms with Crippen LogP contribution in [-0.4, -0.2) is 17.3 Å². The molecule has 32 heavy (non-hydrogen) atoms. The van der Waals surface area contributed by atoms with E-state index in [4.69, 9.17) is 0 Å². The average Bonchev–Trinajstić information content (AvgIpc) is 2.83. The Labute approximate surface area is 191 Å². The molecular weight excluding hydrogens is 419 g/mol. The second-order valence-electron chi connectivity index (χ2n) is 7.24. The fourth-order valence-corrected chi connectivity index (χ4v) is 4.22. The quantitative estimate of drug-likeness (QED) is 0.191. The van der Waals surface area contributed by atoms with Gasteiger partial charge in [0.1, 0.15) is 5.82 Å². The number of thioether (sulfide) groups is 1. The van der Waals surface area contributed by atoms with Crippen molar-refractivity contribution in [3.63, 3.8) is 0 Å². The summed E-state index contributed by atoms with van der Waals surface area (Å²) in [5.41, 5.74) is 4.97. The van der Waals surface area contributed by atoms with Crippen LogP contribution in [0.3, 0.4) is 0 Å². The molecule has 4 rings (SSSR count). The number of rotatable bonds is 6. The molecule has 1 N–H and O–H groups in total. The van der Waals surface area contributed by atoms with Crippen molar-refractivity contribution in [3.8, 4) is 22.3 Å². The van der Waals surface area contributed by atoms with E-state index in [1.54, 1.807) is 60.3 Å². The molecule has 0 aliphatic heterocycles. The van der Waals surface area contributed by atoms with Crippen LogP contribution in [0.15, 0.2) is 102 Å². The van der Waals surface area contributed by atoms with E-state index in [2.05, 4.69) is 12.1 Å². The predicted octanol–water partition coefficient (Wildman–Crippen LogP) is 7.51. The first kappa shape index (κ1) is 21.6. The van der Waals surface area contributed by atoms with E-state index in [0.29, 0.717) is 16.7 Å². The fraction of sp³-hybridized carbons (Fsp3) is 0.0357. The van der Waals surface area contributed by atoms with Crippen LogP contribution >= 0.6 is 11.8 Å². The van der Waals surface area contributed by atoms with Crippen LogP contribution in [0.25, 0.3) is 33.9 Å². The van der Waals surface area contributed by atoms with E-state index in [0.717, 1.165) is 16.7 Å². The molecule has 0 fully saturated rings. The number of halogens is 1. The monoisotopic (exact) mass is 440 g/mol. The van der Waals surface area contributed by atoms with E-state index >= 15 is 0 Å². The van der Waals surface area contributed by atoms with Crippen LogP contribution in [0.5, 0.6) is 0 Å². The Morgan fingerprint density at radius 3 is 1.97 bits per heavy atom. The van der Waals surface area contributed by atoms with Crippen LogP contribution in [0.2, 0.25) is 0 Å². The first-order chi connectivity index (χ1) is 15.6. The molecule has 4 aromatic rings. The van der Waals surface area contributed by atoms with Crippen molar-refractivity contribution in [3.05, 3.63) is 114 Å². The van der Waals surface area contributed by atoms with Gasteiger partial charge in [0.15, 0.2) is 0 Å². The summed E-state index contributed by atoms with van der Waals surface area (Å²) < 4.78 is 14.0. The molecule has 0 heterocycles. The van der Waals surface area contributed by atoms with Crippen LogP contribution in [0.4, 0.5) is 4.39 Å². The summed E-state index contributed by atoms with van der Waals surface area (Å²) in [6, 6.07) is 29.5. The van der Waals surface area contributed by atoms with Gasteiger partial charge in [-0.3, -0.25) is 0 Å². The lowest BCUT2D eigenvalue weighted by Gasteiger charge is -2.09. The van der Waals surface area contributed by atoms with Crippen molar-refractivity contribution in [2.75, 3.05) is 6.26 Å². The number of benzene rings is 4. The molecule has 2 nitrogen and oxygen atoms in total. The molecule has 0 aliphatic rings. The molecule has 0 saturated carbocycles. The normalized spacial score (nSPS) is 11.4. The predicted molar refractivity (Wildman–Crippen MR) is 131 cm³/mol. The van der Waals surface area contributed by atoms with Gasteiger partial charge in [-0.1, -0.05) is 84.9 Å². The smallest absolute Gasteiger partial charge is 0.336 e. The van der Waals surface area contributed by atoms with Crippen molar-refractivity contribution < 1.29 is 14.3 Å². The van der Waals surface area contributed by atoms with Crippen LogP contribution in [-0.2, 0) is 4.79 Å². The summed E-state index contributed by atoms with van der Waals surface area (Å²) in [4.78, 5) is 13.1. The van der Waals surface area contributed by atoms with Gasteiger partial charge in [-0.25, -0.2) is 9.18 Å². The van der Waals surface area contributed by atoms with Crippen LogP contribution in [0.1, 0.15) is 11.1 Å². The highest BCUT2D eigenvalue weighted by atomic mass is 32.2. The molecule has 0 bridgehead atoms. The molecule has 0 aromatic heterocycles. The third kappa shape index (κ3) is 4.66. The molecule has 0 unspecified atom stereocenters. The molecule has 0 radical (unpaired) electrons. The lowest BCUT2D eigenvalue weighted by atomic mass is 9.98. The first-order valence-corrected chi connectivity index (χ1v) is 11.3. The maximum absolute atomic E-state index is 14.0. The zero-order valence-electron chi connectivity index (χ0n) is 17.5. The van der Waals surface area contributed by atoms with Gasteiger partial charge in [-0.15, -0.1) is 11.8 Å². The number of carbonyl (C=O) groups is 1. The second-order valence-corrected chi connectivity index (χ2v) is 8.09. The van der Waals surface area contributed by atoms with Crippen LogP contribution in [0, 0.1) is 5.82 Å². The molecule has 4 heteroatoms. The van der Waals surface area contributed by atoms with E-state index < -0.39 is 5.97 Å². The number of carboxylic acid groups (broad SMARTS) is 1. The molecule has 0 atom stereocenters. The van der Waals surface area contributed by atoms with Gasteiger partial charge in [-0.2, -0.15) is 0 Å². The Kier molecular flexibility index (Phi) is 6.52. The minimum atomic E-state index is -1.01. The Morgan fingerprint density at radius 2 is 1.34 bits per heavy atom. The fourth-order valence-electron chi connectivity index (χ4n) is 3.60. The highest BCUT2D eigenvalue weighted by Gasteiger charge is 2.12. The highest BCUT2D eigenvalue weighted by Crippen LogP contribution is 2.31. The third-order valence-electron chi connectivity index (χ3n) is 5.25. The number of hydrogen-bond acceptors (Lipinski definition) is 2. The largest absolute Gasteiger partial charge is 0.478 e. The average molecular weight is 441 g/mol. The van der Waals surface area contributed by atoms with E-state index in [1.165, 1.54) is 11.0 Å². The lowest BCUT2D eigenvalue weighted by Crippen LogP contribution is -1.99. The van der Waals surface area contributed by atoms with Gasteiger partial charge < -0.3 is 5.11 Å². The first-order valence-electron chi connectivity index (χ1n) is 10.1. The van der Waals surface area contributed by atoms with Gasteiger partial charge in [0.25, 0.3) is 0 Å². The van der Waals surface area contributed by atoms with Crippen molar-refractivity contribution in [2.45, 2.75) is 4.90 Å². The number of aliphatic carboxylic acids is 1. The van der Waals surface area contributed by atoms with Gasteiger partial charge >= 0.3 is 5.97 Å². The summed E-state index contributed by atoms with van der Waals surface area (Å²) in [6.45, 7) is 0. The SMILES string of the molecule is CSc1ccccc1-c1ccc(/C=C(\C(=O)O)c2ccc(-c3ccccc3F)cc2)cc1. The highest BCUT2D eigenvalue weighted by molar-refractivity contribution is 7.98. The molecule has 0 saturated heterocycles. The standard InChI is InChI=1S/C28H21FO2S/c1-32-27-9-5-3-7-24(27)21-12-10-19(11-13-21)18-25(28(30)31)22-16-14-20(15-17-22)23-6-2-4-8-26(23)29/h2-18H,1H3,(H,30,31)/b25-18-. The minimum Gasteiger partial charge on any atom is -0.478 e. The van der Waals surface area contributed by atoms with Crippen LogP contribution < -0.4 is 0 Å². The van der Waals surface area contributed by atoms with Gasteiger partial charge in [0.05, 0.1) is 5.57 Å². The van der Waals surface area contributed by atoms with E-state index in [1.807, 2.05) is 42.7 Å². The third-order valence-corrected chi connectivity index (χ3v) is 6.05. The Balaban J connectivity index is 1.64. The minimum absolute atomic E-state index is 0.183. The summed E-state index contributed by atoms with van der Waals surface area (Å²) in [5, 5.41) is 9.79.